The van der Waals surface area contributed by atoms with Crippen molar-refractivity contribution in [3.05, 3.63) is 29.6 Å². The van der Waals surface area contributed by atoms with Crippen molar-refractivity contribution in [1.29, 1.82) is 0 Å². The SMILES string of the molecule is COc1ccc(C(Cl)C2CCCCCCC2)c(F)c1. The highest BCUT2D eigenvalue weighted by atomic mass is 35.5. The van der Waals surface area contributed by atoms with Crippen molar-refractivity contribution in [2.45, 2.75) is 50.3 Å². The van der Waals surface area contributed by atoms with E-state index in [1.54, 1.807) is 19.2 Å². The van der Waals surface area contributed by atoms with Crippen molar-refractivity contribution in [3.8, 4) is 5.75 Å². The summed E-state index contributed by atoms with van der Waals surface area (Å²) in [6.45, 7) is 0. The average Bonchev–Trinajstić information content (AvgIpc) is 2.37. The van der Waals surface area contributed by atoms with Crippen molar-refractivity contribution < 1.29 is 9.13 Å². The molecule has 0 amide bonds. The molecule has 0 aromatic heterocycles. The van der Waals surface area contributed by atoms with E-state index in [-0.39, 0.29) is 11.2 Å². The molecule has 0 heterocycles. The van der Waals surface area contributed by atoms with Crippen LogP contribution in [0.4, 0.5) is 4.39 Å². The Labute approximate surface area is 120 Å². The monoisotopic (exact) mass is 284 g/mol. The number of rotatable bonds is 3. The second-order valence-electron chi connectivity index (χ2n) is 5.39. The van der Waals surface area contributed by atoms with E-state index in [4.69, 9.17) is 16.3 Å². The molecule has 1 aromatic carbocycles. The summed E-state index contributed by atoms with van der Waals surface area (Å²) in [4.78, 5) is 0. The smallest absolute Gasteiger partial charge is 0.131 e. The van der Waals surface area contributed by atoms with Gasteiger partial charge in [-0.2, -0.15) is 0 Å². The summed E-state index contributed by atoms with van der Waals surface area (Å²) in [6, 6.07) is 4.98. The minimum atomic E-state index is -0.249. The van der Waals surface area contributed by atoms with Crippen LogP contribution in [0.3, 0.4) is 0 Å². The minimum absolute atomic E-state index is 0.219. The van der Waals surface area contributed by atoms with Gasteiger partial charge in [0.25, 0.3) is 0 Å². The molecule has 19 heavy (non-hydrogen) atoms. The fourth-order valence-electron chi connectivity index (χ4n) is 2.89. The topological polar surface area (TPSA) is 9.23 Å². The fraction of sp³-hybridized carbons (Fsp3) is 0.625. The summed E-state index contributed by atoms with van der Waals surface area (Å²) >= 11 is 6.53. The fourth-order valence-corrected chi connectivity index (χ4v) is 3.32. The molecule has 0 bridgehead atoms. The van der Waals surface area contributed by atoms with Crippen molar-refractivity contribution in [1.82, 2.24) is 0 Å². The van der Waals surface area contributed by atoms with Gasteiger partial charge in [-0.25, -0.2) is 4.39 Å². The molecule has 106 valence electrons. The van der Waals surface area contributed by atoms with E-state index in [1.807, 2.05) is 0 Å². The summed E-state index contributed by atoms with van der Waals surface area (Å²) in [5, 5.41) is -0.219. The van der Waals surface area contributed by atoms with E-state index in [9.17, 15) is 4.39 Å². The van der Waals surface area contributed by atoms with E-state index >= 15 is 0 Å². The standard InChI is InChI=1S/C16H22ClFO/c1-19-13-9-10-14(15(18)11-13)16(17)12-7-5-3-2-4-6-8-12/h9-12,16H,2-8H2,1H3. The van der Waals surface area contributed by atoms with Crippen LogP contribution in [-0.4, -0.2) is 7.11 Å². The Hall–Kier alpha value is -0.760. The molecule has 2 rings (SSSR count). The molecular weight excluding hydrogens is 263 g/mol. The second-order valence-corrected chi connectivity index (χ2v) is 5.86. The van der Waals surface area contributed by atoms with Crippen LogP contribution in [0.5, 0.6) is 5.75 Å². The molecule has 1 aromatic rings. The number of alkyl halides is 1. The zero-order valence-corrected chi connectivity index (χ0v) is 12.3. The summed E-state index contributed by atoms with van der Waals surface area (Å²) in [5.74, 6) is 0.689. The third-order valence-electron chi connectivity index (χ3n) is 4.07. The molecular formula is C16H22ClFO. The first-order valence-corrected chi connectivity index (χ1v) is 7.63. The predicted molar refractivity (Wildman–Crippen MR) is 77.4 cm³/mol. The minimum Gasteiger partial charge on any atom is -0.497 e. The lowest BCUT2D eigenvalue weighted by molar-refractivity contribution is 0.363. The Morgan fingerprint density at radius 2 is 1.79 bits per heavy atom. The molecule has 1 aliphatic carbocycles. The van der Waals surface area contributed by atoms with Crippen LogP contribution in [0.15, 0.2) is 18.2 Å². The third kappa shape index (κ3) is 3.85. The number of ether oxygens (including phenoxy) is 1. The first-order chi connectivity index (χ1) is 9.22. The molecule has 0 saturated heterocycles. The van der Waals surface area contributed by atoms with Gasteiger partial charge in [0.05, 0.1) is 12.5 Å². The van der Waals surface area contributed by atoms with Gasteiger partial charge in [-0.1, -0.05) is 38.2 Å². The Morgan fingerprint density at radius 3 is 2.37 bits per heavy atom. The number of halogens is 2. The molecule has 0 aliphatic heterocycles. The van der Waals surface area contributed by atoms with E-state index < -0.39 is 0 Å². The Morgan fingerprint density at radius 1 is 1.16 bits per heavy atom. The van der Waals surface area contributed by atoms with E-state index in [1.165, 1.54) is 38.2 Å². The van der Waals surface area contributed by atoms with E-state index in [0.717, 1.165) is 12.8 Å². The second kappa shape index (κ2) is 7.14. The zero-order chi connectivity index (χ0) is 13.7. The van der Waals surface area contributed by atoms with Gasteiger partial charge in [-0.3, -0.25) is 0 Å². The lowest BCUT2D eigenvalue weighted by atomic mass is 9.86. The summed E-state index contributed by atoms with van der Waals surface area (Å²) in [5.41, 5.74) is 0.619. The summed E-state index contributed by atoms with van der Waals surface area (Å²) in [7, 11) is 1.54. The highest BCUT2D eigenvalue weighted by Gasteiger charge is 2.24. The van der Waals surface area contributed by atoms with Crippen molar-refractivity contribution >= 4 is 11.6 Å². The molecule has 0 radical (unpaired) electrons. The van der Waals surface area contributed by atoms with Crippen LogP contribution in [0, 0.1) is 11.7 Å². The average molecular weight is 285 g/mol. The van der Waals surface area contributed by atoms with Crippen LogP contribution in [-0.2, 0) is 0 Å². The van der Waals surface area contributed by atoms with E-state index in [0.29, 0.717) is 17.2 Å². The highest BCUT2D eigenvalue weighted by Crippen LogP contribution is 2.39. The van der Waals surface area contributed by atoms with Gasteiger partial charge >= 0.3 is 0 Å². The maximum Gasteiger partial charge on any atom is 0.131 e. The largest absolute Gasteiger partial charge is 0.497 e. The quantitative estimate of drug-likeness (QED) is 0.668. The van der Waals surface area contributed by atoms with Gasteiger partial charge in [-0.15, -0.1) is 11.6 Å². The van der Waals surface area contributed by atoms with Crippen LogP contribution in [0.25, 0.3) is 0 Å². The maximum atomic E-state index is 14.1. The lowest BCUT2D eigenvalue weighted by Crippen LogP contribution is -2.11. The molecule has 1 nitrogen and oxygen atoms in total. The van der Waals surface area contributed by atoms with Gasteiger partial charge in [0.1, 0.15) is 11.6 Å². The Balaban J connectivity index is 2.10. The number of hydrogen-bond acceptors (Lipinski definition) is 1. The number of benzene rings is 1. The van der Waals surface area contributed by atoms with Gasteiger partial charge < -0.3 is 4.74 Å². The predicted octanol–water partition coefficient (Wildman–Crippen LogP) is 5.47. The Kier molecular flexibility index (Phi) is 5.50. The molecule has 1 aliphatic rings. The first kappa shape index (κ1) is 14.6. The van der Waals surface area contributed by atoms with Crippen LogP contribution >= 0.6 is 11.6 Å². The van der Waals surface area contributed by atoms with E-state index in [2.05, 4.69) is 0 Å². The molecule has 1 saturated carbocycles. The first-order valence-electron chi connectivity index (χ1n) is 7.20. The number of hydrogen-bond donors (Lipinski definition) is 0. The maximum absolute atomic E-state index is 14.1. The molecule has 0 spiro atoms. The zero-order valence-electron chi connectivity index (χ0n) is 11.5. The van der Waals surface area contributed by atoms with Crippen LogP contribution in [0.1, 0.15) is 55.9 Å². The molecule has 1 fully saturated rings. The summed E-state index contributed by atoms with van der Waals surface area (Å²) in [6.07, 6.45) is 8.55. The third-order valence-corrected chi connectivity index (χ3v) is 4.66. The van der Waals surface area contributed by atoms with Gasteiger partial charge in [0.15, 0.2) is 0 Å². The van der Waals surface area contributed by atoms with Crippen LogP contribution in [0.2, 0.25) is 0 Å². The highest BCUT2D eigenvalue weighted by molar-refractivity contribution is 6.21. The molecule has 1 unspecified atom stereocenters. The van der Waals surface area contributed by atoms with Gasteiger partial charge in [0, 0.05) is 11.6 Å². The van der Waals surface area contributed by atoms with Crippen LogP contribution < -0.4 is 4.74 Å². The normalized spacial score (nSPS) is 19.5. The summed E-state index contributed by atoms with van der Waals surface area (Å²) < 4.78 is 19.1. The molecule has 0 N–H and O–H groups in total. The molecule has 1 atom stereocenters. The molecule has 3 heteroatoms. The van der Waals surface area contributed by atoms with Crippen molar-refractivity contribution in [2.24, 2.45) is 5.92 Å². The lowest BCUT2D eigenvalue weighted by Gasteiger charge is -2.25. The number of methoxy groups -OCH3 is 1. The Bertz CT molecular complexity index is 400. The van der Waals surface area contributed by atoms with Gasteiger partial charge in [0.2, 0.25) is 0 Å². The van der Waals surface area contributed by atoms with Crippen molar-refractivity contribution in [2.75, 3.05) is 7.11 Å². The van der Waals surface area contributed by atoms with Gasteiger partial charge in [-0.05, 0) is 24.8 Å². The van der Waals surface area contributed by atoms with Crippen molar-refractivity contribution in [3.63, 3.8) is 0 Å².